The zero-order valence-electron chi connectivity index (χ0n) is 10.9. The van der Waals surface area contributed by atoms with Crippen molar-refractivity contribution in [2.45, 2.75) is 30.5 Å². The summed E-state index contributed by atoms with van der Waals surface area (Å²) in [6.45, 7) is 1.43. The molecule has 6 heteroatoms. The molecule has 0 unspecified atom stereocenters. The lowest BCUT2D eigenvalue weighted by Gasteiger charge is -2.07. The highest BCUT2D eigenvalue weighted by molar-refractivity contribution is 7.99. The Morgan fingerprint density at radius 3 is 3.05 bits per heavy atom. The zero-order chi connectivity index (χ0) is 13.1. The molecule has 0 radical (unpaired) electrons. The summed E-state index contributed by atoms with van der Waals surface area (Å²) in [5, 5.41) is 9.61. The van der Waals surface area contributed by atoms with Gasteiger partial charge in [-0.15, -0.1) is 10.2 Å². The van der Waals surface area contributed by atoms with E-state index in [1.807, 2.05) is 12.1 Å². The summed E-state index contributed by atoms with van der Waals surface area (Å²) >= 11 is 1.68. The second kappa shape index (κ2) is 5.79. The van der Waals surface area contributed by atoms with Gasteiger partial charge in [-0.05, 0) is 25.0 Å². The first kappa shape index (κ1) is 12.7. The van der Waals surface area contributed by atoms with Gasteiger partial charge in [-0.25, -0.2) is 0 Å². The first-order chi connectivity index (χ1) is 9.38. The lowest BCUT2D eigenvalue weighted by atomic mass is 10.3. The van der Waals surface area contributed by atoms with Crippen LogP contribution in [0.3, 0.4) is 0 Å². The molecular weight excluding hydrogens is 262 g/mol. The summed E-state index contributed by atoms with van der Waals surface area (Å²) in [6, 6.07) is 3.90. The van der Waals surface area contributed by atoms with Gasteiger partial charge in [-0.3, -0.25) is 4.57 Å². The van der Waals surface area contributed by atoms with Crippen LogP contribution >= 0.6 is 11.8 Å². The minimum absolute atomic E-state index is 0.583. The Labute approximate surface area is 116 Å². The van der Waals surface area contributed by atoms with Gasteiger partial charge in [-0.1, -0.05) is 11.8 Å². The molecule has 0 bridgehead atoms. The van der Waals surface area contributed by atoms with E-state index in [-0.39, 0.29) is 0 Å². The Hall–Kier alpha value is -1.27. The van der Waals surface area contributed by atoms with Crippen LogP contribution in [0.15, 0.2) is 28.0 Å². The van der Waals surface area contributed by atoms with Gasteiger partial charge in [0.05, 0.1) is 19.4 Å². The minimum atomic E-state index is 0.583. The molecule has 1 aliphatic rings. The topological polar surface area (TPSA) is 53.1 Å². The summed E-state index contributed by atoms with van der Waals surface area (Å²) in [5.74, 6) is 3.50. The van der Waals surface area contributed by atoms with E-state index in [0.29, 0.717) is 12.5 Å². The van der Waals surface area contributed by atoms with Gasteiger partial charge >= 0.3 is 0 Å². The third-order valence-corrected chi connectivity index (χ3v) is 4.03. The highest BCUT2D eigenvalue weighted by Crippen LogP contribution is 2.40. The fraction of sp³-hybridized carbons (Fsp3) is 0.538. The zero-order valence-corrected chi connectivity index (χ0v) is 11.7. The number of methoxy groups -OCH3 is 1. The second-order valence-corrected chi connectivity index (χ2v) is 5.68. The quantitative estimate of drug-likeness (QED) is 0.576. The van der Waals surface area contributed by atoms with E-state index in [0.717, 1.165) is 29.1 Å². The number of furan rings is 1. The average molecular weight is 279 g/mol. The van der Waals surface area contributed by atoms with E-state index in [9.17, 15) is 0 Å². The fourth-order valence-electron chi connectivity index (χ4n) is 1.97. The van der Waals surface area contributed by atoms with Gasteiger partial charge in [0, 0.05) is 18.8 Å². The van der Waals surface area contributed by atoms with Crippen molar-refractivity contribution in [1.82, 2.24) is 14.8 Å². The molecule has 2 heterocycles. The van der Waals surface area contributed by atoms with Crippen LogP contribution < -0.4 is 0 Å². The fourth-order valence-corrected chi connectivity index (χ4v) is 2.82. The number of ether oxygens (including phenoxy) is 1. The molecule has 0 atom stereocenters. The maximum absolute atomic E-state index is 5.43. The average Bonchev–Trinajstić information content (AvgIpc) is 2.98. The second-order valence-electron chi connectivity index (χ2n) is 4.62. The van der Waals surface area contributed by atoms with E-state index >= 15 is 0 Å². The van der Waals surface area contributed by atoms with Crippen molar-refractivity contribution in [3.05, 3.63) is 30.0 Å². The van der Waals surface area contributed by atoms with Crippen molar-refractivity contribution in [1.29, 1.82) is 0 Å². The van der Waals surface area contributed by atoms with E-state index in [4.69, 9.17) is 9.15 Å². The highest BCUT2D eigenvalue weighted by atomic mass is 32.2. The third-order valence-electron chi connectivity index (χ3n) is 3.10. The SMILES string of the molecule is COCCSc1nnc(C2CC2)n1Cc1ccco1. The number of aromatic nitrogens is 3. The van der Waals surface area contributed by atoms with E-state index < -0.39 is 0 Å². The molecule has 0 aliphatic heterocycles. The lowest BCUT2D eigenvalue weighted by molar-refractivity contribution is 0.218. The molecule has 3 rings (SSSR count). The van der Waals surface area contributed by atoms with Crippen LogP contribution in [0, 0.1) is 0 Å². The van der Waals surface area contributed by atoms with Crippen LogP contribution in [-0.4, -0.2) is 34.2 Å². The molecule has 5 nitrogen and oxygen atoms in total. The van der Waals surface area contributed by atoms with Crippen molar-refractivity contribution in [3.8, 4) is 0 Å². The maximum atomic E-state index is 5.43. The van der Waals surface area contributed by atoms with Crippen LogP contribution in [0.4, 0.5) is 0 Å². The first-order valence-electron chi connectivity index (χ1n) is 6.45. The molecule has 2 aromatic heterocycles. The first-order valence-corrected chi connectivity index (χ1v) is 7.44. The maximum Gasteiger partial charge on any atom is 0.191 e. The number of nitrogens with zero attached hydrogens (tertiary/aromatic N) is 3. The summed E-state index contributed by atoms with van der Waals surface area (Å²) in [4.78, 5) is 0. The lowest BCUT2D eigenvalue weighted by Crippen LogP contribution is -2.06. The molecule has 102 valence electrons. The smallest absolute Gasteiger partial charge is 0.191 e. The van der Waals surface area contributed by atoms with Crippen LogP contribution in [0.2, 0.25) is 0 Å². The summed E-state index contributed by atoms with van der Waals surface area (Å²) in [5.41, 5.74) is 0. The number of hydrogen-bond donors (Lipinski definition) is 0. The van der Waals surface area contributed by atoms with E-state index in [1.54, 1.807) is 25.1 Å². The minimum Gasteiger partial charge on any atom is -0.467 e. The highest BCUT2D eigenvalue weighted by Gasteiger charge is 2.30. The molecule has 0 amide bonds. The Morgan fingerprint density at radius 2 is 2.37 bits per heavy atom. The van der Waals surface area contributed by atoms with Crippen LogP contribution in [0.1, 0.15) is 30.3 Å². The van der Waals surface area contributed by atoms with Gasteiger partial charge in [0.25, 0.3) is 0 Å². The molecule has 19 heavy (non-hydrogen) atoms. The van der Waals surface area contributed by atoms with Crippen molar-refractivity contribution in [2.75, 3.05) is 19.5 Å². The van der Waals surface area contributed by atoms with E-state index in [2.05, 4.69) is 14.8 Å². The van der Waals surface area contributed by atoms with Gasteiger partial charge in [0.1, 0.15) is 11.6 Å². The number of hydrogen-bond acceptors (Lipinski definition) is 5. The molecule has 0 saturated heterocycles. The number of thioether (sulfide) groups is 1. The summed E-state index contributed by atoms with van der Waals surface area (Å²) in [7, 11) is 1.71. The van der Waals surface area contributed by atoms with Gasteiger partial charge in [-0.2, -0.15) is 0 Å². The van der Waals surface area contributed by atoms with Crippen molar-refractivity contribution in [2.24, 2.45) is 0 Å². The standard InChI is InChI=1S/C13H17N3O2S/c1-17-7-8-19-13-15-14-12(10-4-5-10)16(13)9-11-3-2-6-18-11/h2-3,6,10H,4-5,7-9H2,1H3. The molecule has 1 aliphatic carbocycles. The monoisotopic (exact) mass is 279 g/mol. The number of rotatable bonds is 7. The Morgan fingerprint density at radius 1 is 1.47 bits per heavy atom. The summed E-state index contributed by atoms with van der Waals surface area (Å²) < 4.78 is 12.7. The Balaban J connectivity index is 1.78. The van der Waals surface area contributed by atoms with E-state index in [1.165, 1.54) is 12.8 Å². The predicted octanol–water partition coefficient (Wildman–Crippen LogP) is 2.54. The van der Waals surface area contributed by atoms with Gasteiger partial charge < -0.3 is 9.15 Å². The van der Waals surface area contributed by atoms with Gasteiger partial charge in [0.2, 0.25) is 0 Å². The molecule has 1 fully saturated rings. The summed E-state index contributed by atoms with van der Waals surface area (Å²) in [6.07, 6.45) is 4.15. The van der Waals surface area contributed by atoms with Crippen LogP contribution in [0.5, 0.6) is 0 Å². The molecule has 0 N–H and O–H groups in total. The third kappa shape index (κ3) is 3.01. The largest absolute Gasteiger partial charge is 0.467 e. The Bertz CT molecular complexity index is 520. The van der Waals surface area contributed by atoms with Crippen LogP contribution in [-0.2, 0) is 11.3 Å². The molecule has 0 aromatic carbocycles. The molecule has 1 saturated carbocycles. The van der Waals surface area contributed by atoms with Gasteiger partial charge in [0.15, 0.2) is 5.16 Å². The van der Waals surface area contributed by atoms with Crippen LogP contribution in [0.25, 0.3) is 0 Å². The Kier molecular flexibility index (Phi) is 3.89. The normalized spacial score (nSPS) is 15.0. The molecule has 2 aromatic rings. The predicted molar refractivity (Wildman–Crippen MR) is 72.4 cm³/mol. The van der Waals surface area contributed by atoms with Crippen molar-refractivity contribution in [3.63, 3.8) is 0 Å². The van der Waals surface area contributed by atoms with Crippen molar-refractivity contribution >= 4 is 11.8 Å². The molecule has 0 spiro atoms. The van der Waals surface area contributed by atoms with Crippen molar-refractivity contribution < 1.29 is 9.15 Å². The molecular formula is C13H17N3O2S.